The predicted octanol–water partition coefficient (Wildman–Crippen LogP) is 0.473. The Morgan fingerprint density at radius 2 is 2.22 bits per heavy atom. The summed E-state index contributed by atoms with van der Waals surface area (Å²) in [6.07, 6.45) is 3.23. The Kier molecular flexibility index (Phi) is 1.75. The van der Waals surface area contributed by atoms with Gasteiger partial charge < -0.3 is 15.5 Å². The first kappa shape index (κ1) is 6.16. The van der Waals surface area contributed by atoms with Crippen LogP contribution < -0.4 is 5.32 Å². The van der Waals surface area contributed by atoms with Crippen LogP contribution in [-0.2, 0) is 0 Å². The van der Waals surface area contributed by atoms with Crippen molar-refractivity contribution in [2.75, 3.05) is 13.1 Å². The molecule has 1 rings (SSSR count). The highest BCUT2D eigenvalue weighted by Gasteiger charge is 2.01. The molecule has 50 valence electrons. The molecule has 3 N–H and O–H groups in total. The number of allylic oxidation sites excluding steroid dienone is 1. The molecule has 0 fully saturated rings. The molecule has 1 heterocycles. The maximum Gasteiger partial charge on any atom is 0.154 e. The second-order valence-corrected chi connectivity index (χ2v) is 1.87. The summed E-state index contributed by atoms with van der Waals surface area (Å²) in [6.45, 7) is 1.03. The number of hydrogen-bond acceptors (Lipinski definition) is 3. The molecule has 0 aromatic rings. The molecule has 1 aliphatic heterocycles. The van der Waals surface area contributed by atoms with Gasteiger partial charge in [-0.1, -0.05) is 6.08 Å². The predicted molar refractivity (Wildman–Crippen MR) is 34.3 cm³/mol. The highest BCUT2D eigenvalue weighted by atomic mass is 16.3. The fraction of sp³-hybridized carbons (Fsp3) is 0.333. The van der Waals surface area contributed by atoms with E-state index in [1.165, 1.54) is 6.08 Å². The van der Waals surface area contributed by atoms with E-state index in [4.69, 9.17) is 10.2 Å². The fourth-order valence-corrected chi connectivity index (χ4v) is 0.631. The Balaban J connectivity index is 2.72. The Labute approximate surface area is 53.3 Å². The topological polar surface area (TPSA) is 52.5 Å². The van der Waals surface area contributed by atoms with Gasteiger partial charge in [-0.2, -0.15) is 0 Å². The molecule has 0 aliphatic carbocycles. The highest BCUT2D eigenvalue weighted by Crippen LogP contribution is 1.99. The summed E-state index contributed by atoms with van der Waals surface area (Å²) < 4.78 is 0. The molecular formula is C6H9NO2. The first-order valence-corrected chi connectivity index (χ1v) is 2.79. The molecule has 3 heteroatoms. The lowest BCUT2D eigenvalue weighted by Gasteiger charge is -1.96. The van der Waals surface area contributed by atoms with E-state index in [9.17, 15) is 0 Å². The molecule has 0 radical (unpaired) electrons. The summed E-state index contributed by atoms with van der Waals surface area (Å²) in [5.41, 5.74) is 0. The number of aliphatic hydroxyl groups is 2. The van der Waals surface area contributed by atoms with Gasteiger partial charge in [0.25, 0.3) is 0 Å². The molecule has 0 unspecified atom stereocenters. The largest absolute Gasteiger partial charge is 0.507 e. The van der Waals surface area contributed by atoms with Crippen LogP contribution in [0, 0.1) is 0 Å². The average Bonchev–Trinajstić information content (AvgIpc) is 1.99. The van der Waals surface area contributed by atoms with Crippen molar-refractivity contribution < 1.29 is 10.2 Å². The first-order valence-electron chi connectivity index (χ1n) is 2.79. The summed E-state index contributed by atoms with van der Waals surface area (Å²) in [6, 6.07) is 0. The van der Waals surface area contributed by atoms with Crippen LogP contribution in [0.4, 0.5) is 0 Å². The zero-order chi connectivity index (χ0) is 6.69. The molecular weight excluding hydrogens is 118 g/mol. The molecule has 0 spiro atoms. The minimum Gasteiger partial charge on any atom is -0.507 e. The van der Waals surface area contributed by atoms with Crippen molar-refractivity contribution in [3.05, 3.63) is 23.7 Å². The second-order valence-electron chi connectivity index (χ2n) is 1.87. The van der Waals surface area contributed by atoms with Gasteiger partial charge in [0, 0.05) is 6.54 Å². The number of nitrogens with one attached hydrogen (secondary N) is 1. The summed E-state index contributed by atoms with van der Waals surface area (Å²) in [5, 5.41) is 20.6. The number of aliphatic hydroxyl groups excluding tert-OH is 2. The third-order valence-corrected chi connectivity index (χ3v) is 1.13. The third kappa shape index (κ3) is 1.47. The summed E-state index contributed by atoms with van der Waals surface area (Å²) >= 11 is 0. The van der Waals surface area contributed by atoms with Crippen LogP contribution in [0.5, 0.6) is 0 Å². The third-order valence-electron chi connectivity index (χ3n) is 1.13. The van der Waals surface area contributed by atoms with Crippen molar-refractivity contribution >= 4 is 0 Å². The minimum atomic E-state index is -0.0417. The smallest absolute Gasteiger partial charge is 0.154 e. The van der Waals surface area contributed by atoms with Crippen LogP contribution in [0.1, 0.15) is 0 Å². The van der Waals surface area contributed by atoms with E-state index in [-0.39, 0.29) is 11.5 Å². The molecule has 0 amide bonds. The van der Waals surface area contributed by atoms with Crippen molar-refractivity contribution in [2.24, 2.45) is 0 Å². The molecule has 3 nitrogen and oxygen atoms in total. The fourth-order valence-electron chi connectivity index (χ4n) is 0.631. The standard InChI is InChI=1S/C6H9NO2/c8-5-2-1-3-7-4-6(5)9/h1-2,7-9H,3-4H2. The maximum atomic E-state index is 8.87. The summed E-state index contributed by atoms with van der Waals surface area (Å²) in [7, 11) is 0. The quantitative estimate of drug-likeness (QED) is 0.443. The van der Waals surface area contributed by atoms with Gasteiger partial charge in [0.15, 0.2) is 5.76 Å². The zero-order valence-corrected chi connectivity index (χ0v) is 4.96. The van der Waals surface area contributed by atoms with Gasteiger partial charge in [-0.3, -0.25) is 0 Å². The van der Waals surface area contributed by atoms with E-state index in [2.05, 4.69) is 5.32 Å². The van der Waals surface area contributed by atoms with E-state index in [0.717, 1.165) is 0 Å². The van der Waals surface area contributed by atoms with E-state index in [1.54, 1.807) is 6.08 Å². The molecule has 0 saturated heterocycles. The molecule has 0 aromatic carbocycles. The van der Waals surface area contributed by atoms with Gasteiger partial charge >= 0.3 is 0 Å². The average molecular weight is 127 g/mol. The lowest BCUT2D eigenvalue weighted by molar-refractivity contribution is 0.329. The van der Waals surface area contributed by atoms with E-state index in [0.29, 0.717) is 13.1 Å². The monoisotopic (exact) mass is 127 g/mol. The summed E-state index contributed by atoms with van der Waals surface area (Å²) in [4.78, 5) is 0. The van der Waals surface area contributed by atoms with E-state index < -0.39 is 0 Å². The van der Waals surface area contributed by atoms with Crippen LogP contribution in [0.15, 0.2) is 23.7 Å². The van der Waals surface area contributed by atoms with Crippen molar-refractivity contribution in [2.45, 2.75) is 0 Å². The van der Waals surface area contributed by atoms with Crippen molar-refractivity contribution in [1.82, 2.24) is 5.32 Å². The van der Waals surface area contributed by atoms with Crippen molar-refractivity contribution in [3.8, 4) is 0 Å². The van der Waals surface area contributed by atoms with Gasteiger partial charge in [-0.05, 0) is 6.08 Å². The number of hydrogen-bond donors (Lipinski definition) is 3. The van der Waals surface area contributed by atoms with Gasteiger partial charge in [-0.25, -0.2) is 0 Å². The van der Waals surface area contributed by atoms with Crippen molar-refractivity contribution in [3.63, 3.8) is 0 Å². The van der Waals surface area contributed by atoms with E-state index in [1.807, 2.05) is 0 Å². The lowest BCUT2D eigenvalue weighted by Crippen LogP contribution is -2.15. The summed E-state index contributed by atoms with van der Waals surface area (Å²) in [5.74, 6) is -0.0382. The van der Waals surface area contributed by atoms with Crippen LogP contribution in [0.3, 0.4) is 0 Å². The Morgan fingerprint density at radius 1 is 1.44 bits per heavy atom. The van der Waals surface area contributed by atoms with E-state index >= 15 is 0 Å². The van der Waals surface area contributed by atoms with Gasteiger partial charge in [0.1, 0.15) is 5.76 Å². The number of rotatable bonds is 0. The minimum absolute atomic E-state index is 0.00347. The molecule has 0 bridgehead atoms. The van der Waals surface area contributed by atoms with Gasteiger partial charge in [0.05, 0.1) is 6.54 Å². The van der Waals surface area contributed by atoms with Crippen LogP contribution in [0.25, 0.3) is 0 Å². The Hall–Kier alpha value is -0.960. The van der Waals surface area contributed by atoms with Crippen LogP contribution >= 0.6 is 0 Å². The first-order chi connectivity index (χ1) is 4.30. The van der Waals surface area contributed by atoms with Crippen LogP contribution in [0.2, 0.25) is 0 Å². The molecule has 0 atom stereocenters. The van der Waals surface area contributed by atoms with Crippen LogP contribution in [-0.4, -0.2) is 23.3 Å². The lowest BCUT2D eigenvalue weighted by atomic mass is 10.4. The Morgan fingerprint density at radius 3 is 3.00 bits per heavy atom. The zero-order valence-electron chi connectivity index (χ0n) is 4.96. The molecule has 1 aliphatic rings. The second kappa shape index (κ2) is 2.55. The molecule has 9 heavy (non-hydrogen) atoms. The Bertz CT molecular complexity index is 160. The molecule has 0 aromatic heterocycles. The van der Waals surface area contributed by atoms with Crippen molar-refractivity contribution in [1.29, 1.82) is 0 Å². The van der Waals surface area contributed by atoms with Gasteiger partial charge in [-0.15, -0.1) is 0 Å². The maximum absolute atomic E-state index is 8.87. The highest BCUT2D eigenvalue weighted by molar-refractivity contribution is 5.17. The molecule has 0 saturated carbocycles. The normalized spacial score (nSPS) is 20.0. The SMILES string of the molecule is OC1=C(O)CNCC=C1. The van der Waals surface area contributed by atoms with Gasteiger partial charge in [0.2, 0.25) is 0 Å².